The first-order chi connectivity index (χ1) is 18.4. The Balaban J connectivity index is 1.26. The van der Waals surface area contributed by atoms with E-state index in [1.807, 2.05) is 26.1 Å². The van der Waals surface area contributed by atoms with Crippen LogP contribution in [-0.4, -0.2) is 78.9 Å². The lowest BCUT2D eigenvalue weighted by Gasteiger charge is -2.35. The number of hydrogen-bond acceptors (Lipinski definition) is 10. The maximum Gasteiger partial charge on any atom is 0.252 e. The van der Waals surface area contributed by atoms with E-state index in [1.54, 1.807) is 35.5 Å². The third-order valence-electron chi connectivity index (χ3n) is 6.33. The third kappa shape index (κ3) is 5.87. The summed E-state index contributed by atoms with van der Waals surface area (Å²) in [5.74, 6) is 0.864. The van der Waals surface area contributed by atoms with Gasteiger partial charge in [0.05, 0.1) is 34.5 Å². The van der Waals surface area contributed by atoms with Crippen LogP contribution in [0.15, 0.2) is 43.0 Å². The summed E-state index contributed by atoms with van der Waals surface area (Å²) < 4.78 is 7.46. The van der Waals surface area contributed by atoms with Gasteiger partial charge in [0.1, 0.15) is 0 Å². The molecule has 3 N–H and O–H groups in total. The fourth-order valence-electron chi connectivity index (χ4n) is 4.56. The number of hydrogen-bond donors (Lipinski definition) is 3. The predicted molar refractivity (Wildman–Crippen MR) is 145 cm³/mol. The second-order valence-electron chi connectivity index (χ2n) is 9.52. The van der Waals surface area contributed by atoms with Crippen molar-refractivity contribution in [3.05, 3.63) is 54.2 Å². The van der Waals surface area contributed by atoms with Crippen molar-refractivity contribution in [2.75, 3.05) is 36.8 Å². The topological polar surface area (TPSA) is 135 Å². The molecule has 4 aromatic heterocycles. The SMILES string of the molecule is Cc1ncc(C(=O)NCCN2C[C@H](C)O[C@@H](C)C2)cc1Nc1nn(C)c2nc(Nc3ccncc3)ncc12. The number of nitrogens with zero attached hydrogens (tertiary/aromatic N) is 7. The summed E-state index contributed by atoms with van der Waals surface area (Å²) in [6, 6.07) is 5.47. The number of anilines is 4. The number of pyridine rings is 2. The zero-order chi connectivity index (χ0) is 26.6. The Bertz CT molecular complexity index is 1410. The number of rotatable bonds is 8. The molecule has 5 heterocycles. The van der Waals surface area contributed by atoms with Crippen molar-refractivity contribution in [2.24, 2.45) is 7.05 Å². The first kappa shape index (κ1) is 25.5. The number of aromatic nitrogens is 6. The number of carbonyl (C=O) groups excluding carboxylic acids is 1. The summed E-state index contributed by atoms with van der Waals surface area (Å²) in [7, 11) is 1.82. The Kier molecular flexibility index (Phi) is 7.43. The summed E-state index contributed by atoms with van der Waals surface area (Å²) in [4.78, 5) is 32.7. The van der Waals surface area contributed by atoms with Crippen molar-refractivity contribution in [1.29, 1.82) is 0 Å². The van der Waals surface area contributed by atoms with Gasteiger partial charge in [-0.15, -0.1) is 0 Å². The van der Waals surface area contributed by atoms with Crippen LogP contribution < -0.4 is 16.0 Å². The van der Waals surface area contributed by atoms with E-state index in [0.717, 1.165) is 36.4 Å². The standard InChI is InChI=1S/C26H32N10O2/c1-16-14-36(15-17(2)38-16)10-9-28-25(37)19-11-22(18(3)29-12-19)32-23-21-13-30-26(33-24(21)35(4)34-23)31-20-5-7-27-8-6-20/h5-8,11-13,16-17H,9-10,14-15H2,1-4H3,(H,28,37)(H,32,34)(H,27,30,31,33)/t16-,17-/m0/s1. The van der Waals surface area contributed by atoms with Gasteiger partial charge >= 0.3 is 0 Å². The van der Waals surface area contributed by atoms with E-state index in [1.165, 1.54) is 0 Å². The van der Waals surface area contributed by atoms with E-state index >= 15 is 0 Å². The van der Waals surface area contributed by atoms with Gasteiger partial charge in [-0.2, -0.15) is 10.1 Å². The van der Waals surface area contributed by atoms with E-state index in [2.05, 4.69) is 59.7 Å². The van der Waals surface area contributed by atoms with Gasteiger partial charge in [-0.1, -0.05) is 0 Å². The van der Waals surface area contributed by atoms with E-state index in [-0.39, 0.29) is 18.1 Å². The molecular formula is C26H32N10O2. The summed E-state index contributed by atoms with van der Waals surface area (Å²) in [5.41, 5.74) is 3.40. The van der Waals surface area contributed by atoms with Gasteiger partial charge < -0.3 is 20.7 Å². The molecule has 1 aliphatic rings. The molecule has 2 atom stereocenters. The van der Waals surface area contributed by atoms with Gasteiger partial charge in [-0.05, 0) is 39.0 Å². The fourth-order valence-corrected chi connectivity index (χ4v) is 4.56. The van der Waals surface area contributed by atoms with Gasteiger partial charge in [0.25, 0.3) is 5.91 Å². The van der Waals surface area contributed by atoms with Gasteiger partial charge in [-0.3, -0.25) is 19.7 Å². The Morgan fingerprint density at radius 1 is 1.11 bits per heavy atom. The minimum absolute atomic E-state index is 0.170. The monoisotopic (exact) mass is 516 g/mol. The molecule has 1 saturated heterocycles. The number of carbonyl (C=O) groups is 1. The molecule has 0 saturated carbocycles. The summed E-state index contributed by atoms with van der Waals surface area (Å²) in [5, 5.41) is 14.8. The van der Waals surface area contributed by atoms with Crippen molar-refractivity contribution >= 4 is 40.1 Å². The molecule has 198 valence electrons. The van der Waals surface area contributed by atoms with Crippen molar-refractivity contribution in [3.8, 4) is 0 Å². The second kappa shape index (κ2) is 11.1. The lowest BCUT2D eigenvalue weighted by molar-refractivity contribution is -0.0672. The number of morpholine rings is 1. The average Bonchev–Trinajstić information content (AvgIpc) is 3.19. The lowest BCUT2D eigenvalue weighted by Crippen LogP contribution is -2.47. The molecule has 1 aliphatic heterocycles. The van der Waals surface area contributed by atoms with Crippen molar-refractivity contribution in [2.45, 2.75) is 33.0 Å². The number of ether oxygens (including phenoxy) is 1. The summed E-state index contributed by atoms with van der Waals surface area (Å²) in [6.45, 7) is 9.07. The molecule has 5 rings (SSSR count). The third-order valence-corrected chi connectivity index (χ3v) is 6.33. The maximum atomic E-state index is 12.9. The fraction of sp³-hybridized carbons (Fsp3) is 0.385. The predicted octanol–water partition coefficient (Wildman–Crippen LogP) is 2.79. The number of nitrogens with one attached hydrogen (secondary N) is 3. The number of fused-ring (bicyclic) bond motifs is 1. The largest absolute Gasteiger partial charge is 0.373 e. The summed E-state index contributed by atoms with van der Waals surface area (Å²) in [6.07, 6.45) is 7.09. The molecule has 1 amide bonds. The highest BCUT2D eigenvalue weighted by Crippen LogP contribution is 2.27. The van der Waals surface area contributed by atoms with Crippen molar-refractivity contribution < 1.29 is 9.53 Å². The molecule has 0 radical (unpaired) electrons. The highest BCUT2D eigenvalue weighted by atomic mass is 16.5. The van der Waals surface area contributed by atoms with Crippen LogP contribution in [-0.2, 0) is 11.8 Å². The zero-order valence-electron chi connectivity index (χ0n) is 22.0. The van der Waals surface area contributed by atoms with Crippen molar-refractivity contribution in [3.63, 3.8) is 0 Å². The Morgan fingerprint density at radius 3 is 2.63 bits per heavy atom. The van der Waals surface area contributed by atoms with Crippen LogP contribution in [0, 0.1) is 6.92 Å². The molecule has 4 aromatic rings. The van der Waals surface area contributed by atoms with Crippen LogP contribution in [0.3, 0.4) is 0 Å². The maximum absolute atomic E-state index is 12.9. The molecule has 0 unspecified atom stereocenters. The van der Waals surface area contributed by atoms with Crippen LogP contribution in [0.4, 0.5) is 23.1 Å². The molecule has 0 spiro atoms. The molecule has 12 nitrogen and oxygen atoms in total. The molecular weight excluding hydrogens is 484 g/mol. The zero-order valence-corrected chi connectivity index (χ0v) is 22.0. The first-order valence-electron chi connectivity index (χ1n) is 12.6. The molecule has 0 aromatic carbocycles. The Morgan fingerprint density at radius 2 is 1.87 bits per heavy atom. The van der Waals surface area contributed by atoms with E-state index in [0.29, 0.717) is 35.2 Å². The van der Waals surface area contributed by atoms with E-state index in [9.17, 15) is 4.79 Å². The van der Waals surface area contributed by atoms with Crippen LogP contribution >= 0.6 is 0 Å². The Labute approximate surface area is 220 Å². The van der Waals surface area contributed by atoms with Gasteiger partial charge in [0.2, 0.25) is 5.95 Å². The van der Waals surface area contributed by atoms with E-state index < -0.39 is 0 Å². The van der Waals surface area contributed by atoms with Crippen LogP contribution in [0.2, 0.25) is 0 Å². The van der Waals surface area contributed by atoms with Gasteiger partial charge in [-0.25, -0.2) is 9.67 Å². The first-order valence-corrected chi connectivity index (χ1v) is 12.6. The molecule has 0 aliphatic carbocycles. The van der Waals surface area contributed by atoms with Crippen LogP contribution in [0.25, 0.3) is 11.0 Å². The van der Waals surface area contributed by atoms with Crippen LogP contribution in [0.1, 0.15) is 29.9 Å². The average molecular weight is 517 g/mol. The minimum atomic E-state index is -0.170. The van der Waals surface area contributed by atoms with Gasteiger partial charge in [0.15, 0.2) is 11.5 Å². The lowest BCUT2D eigenvalue weighted by atomic mass is 10.2. The number of aryl methyl sites for hydroxylation is 2. The number of amides is 1. The normalized spacial score (nSPS) is 17.9. The minimum Gasteiger partial charge on any atom is -0.373 e. The molecule has 1 fully saturated rings. The van der Waals surface area contributed by atoms with Gasteiger partial charge in [0, 0.05) is 63.7 Å². The molecule has 12 heteroatoms. The smallest absolute Gasteiger partial charge is 0.252 e. The highest BCUT2D eigenvalue weighted by molar-refractivity contribution is 5.96. The van der Waals surface area contributed by atoms with Crippen molar-refractivity contribution in [1.82, 2.24) is 39.9 Å². The van der Waals surface area contributed by atoms with Crippen LogP contribution in [0.5, 0.6) is 0 Å². The summed E-state index contributed by atoms with van der Waals surface area (Å²) >= 11 is 0. The quantitative estimate of drug-likeness (QED) is 0.321. The van der Waals surface area contributed by atoms with E-state index in [4.69, 9.17) is 4.74 Å². The second-order valence-corrected chi connectivity index (χ2v) is 9.52. The highest BCUT2D eigenvalue weighted by Gasteiger charge is 2.22. The Hall–Kier alpha value is -4.16. The molecule has 38 heavy (non-hydrogen) atoms. The molecule has 0 bridgehead atoms.